The topological polar surface area (TPSA) is 24.1 Å². The maximum absolute atomic E-state index is 3.83. The summed E-state index contributed by atoms with van der Waals surface area (Å²) in [5.41, 5.74) is 0.201. The largest absolute Gasteiger partial charge is 0.299 e. The van der Waals surface area contributed by atoms with Crippen LogP contribution in [-0.4, -0.2) is 18.8 Å². The van der Waals surface area contributed by atoms with E-state index in [1.54, 1.807) is 0 Å². The lowest BCUT2D eigenvalue weighted by molar-refractivity contribution is 0.105. The molecule has 1 unspecified atom stereocenters. The zero-order valence-electron chi connectivity index (χ0n) is 12.5. The van der Waals surface area contributed by atoms with Gasteiger partial charge in [0, 0.05) is 0 Å². The van der Waals surface area contributed by atoms with Crippen molar-refractivity contribution in [3.05, 3.63) is 0 Å². The first-order valence-corrected chi connectivity index (χ1v) is 7.46. The van der Waals surface area contributed by atoms with Crippen LogP contribution in [0.1, 0.15) is 60.3 Å². The van der Waals surface area contributed by atoms with Gasteiger partial charge in [0.1, 0.15) is 0 Å². The molecule has 2 heteroatoms. The van der Waals surface area contributed by atoms with Crippen molar-refractivity contribution in [1.29, 1.82) is 0 Å². The van der Waals surface area contributed by atoms with Crippen LogP contribution in [0, 0.1) is 17.8 Å². The highest BCUT2D eigenvalue weighted by atomic mass is 15.2. The van der Waals surface area contributed by atoms with Crippen molar-refractivity contribution >= 4 is 0 Å². The Morgan fingerprint density at radius 1 is 1.00 bits per heavy atom. The van der Waals surface area contributed by atoms with Crippen LogP contribution in [-0.2, 0) is 0 Å². The molecule has 1 aliphatic carbocycles. The molecule has 17 heavy (non-hydrogen) atoms. The molecule has 0 heterocycles. The second kappa shape index (κ2) is 6.75. The predicted octanol–water partition coefficient (Wildman–Crippen LogP) is 3.38. The van der Waals surface area contributed by atoms with Crippen molar-refractivity contribution in [2.24, 2.45) is 17.8 Å². The van der Waals surface area contributed by atoms with E-state index in [9.17, 15) is 0 Å². The maximum atomic E-state index is 3.83. The summed E-state index contributed by atoms with van der Waals surface area (Å²) < 4.78 is 0. The molecule has 1 saturated carbocycles. The third-order valence-corrected chi connectivity index (χ3v) is 3.95. The molecule has 1 rings (SSSR count). The Kier molecular flexibility index (Phi) is 5.94. The van der Waals surface area contributed by atoms with Crippen molar-refractivity contribution in [2.45, 2.75) is 66.0 Å². The lowest BCUT2D eigenvalue weighted by atomic mass is 9.79. The molecule has 0 aromatic carbocycles. The summed E-state index contributed by atoms with van der Waals surface area (Å²) >= 11 is 0. The van der Waals surface area contributed by atoms with Crippen molar-refractivity contribution in [1.82, 2.24) is 10.6 Å². The molecule has 0 aromatic heterocycles. The van der Waals surface area contributed by atoms with Crippen molar-refractivity contribution in [2.75, 3.05) is 13.1 Å². The van der Waals surface area contributed by atoms with Crippen LogP contribution in [0.2, 0.25) is 0 Å². The molecule has 0 amide bonds. The molecule has 2 nitrogen and oxygen atoms in total. The molecule has 0 saturated heterocycles. The number of nitrogens with one attached hydrogen (secondary N) is 2. The minimum Gasteiger partial charge on any atom is -0.299 e. The molecule has 1 aliphatic rings. The maximum Gasteiger partial charge on any atom is 0.0713 e. The van der Waals surface area contributed by atoms with E-state index >= 15 is 0 Å². The molecule has 0 bridgehead atoms. The van der Waals surface area contributed by atoms with Gasteiger partial charge < -0.3 is 0 Å². The molecule has 1 atom stereocenters. The van der Waals surface area contributed by atoms with Gasteiger partial charge in [-0.1, -0.05) is 47.5 Å². The summed E-state index contributed by atoms with van der Waals surface area (Å²) in [5.74, 6) is 2.19. The Morgan fingerprint density at radius 2 is 1.53 bits per heavy atom. The van der Waals surface area contributed by atoms with E-state index in [1.807, 2.05) is 0 Å². The van der Waals surface area contributed by atoms with Gasteiger partial charge in [-0.15, -0.1) is 0 Å². The monoisotopic (exact) mass is 240 g/mol. The predicted molar refractivity (Wildman–Crippen MR) is 76.0 cm³/mol. The first-order chi connectivity index (χ1) is 7.96. The van der Waals surface area contributed by atoms with Crippen LogP contribution < -0.4 is 10.6 Å². The third kappa shape index (κ3) is 4.59. The van der Waals surface area contributed by atoms with Crippen LogP contribution in [0.4, 0.5) is 0 Å². The molecule has 0 aromatic rings. The molecular weight excluding hydrogens is 208 g/mol. The van der Waals surface area contributed by atoms with Crippen molar-refractivity contribution in [3.63, 3.8) is 0 Å². The van der Waals surface area contributed by atoms with E-state index in [0.29, 0.717) is 0 Å². The van der Waals surface area contributed by atoms with Gasteiger partial charge in [-0.2, -0.15) is 0 Å². The Labute approximate surface area is 108 Å². The summed E-state index contributed by atoms with van der Waals surface area (Å²) in [6.45, 7) is 13.8. The molecule has 0 spiro atoms. The fourth-order valence-corrected chi connectivity index (χ4v) is 2.71. The van der Waals surface area contributed by atoms with Crippen LogP contribution in [0.5, 0.6) is 0 Å². The molecule has 102 valence electrons. The number of hydrogen-bond donors (Lipinski definition) is 2. The van der Waals surface area contributed by atoms with Gasteiger partial charge >= 0.3 is 0 Å². The Hall–Kier alpha value is -0.0800. The highest BCUT2D eigenvalue weighted by Gasteiger charge is 2.37. The summed E-state index contributed by atoms with van der Waals surface area (Å²) in [4.78, 5) is 0. The van der Waals surface area contributed by atoms with Crippen LogP contribution in [0.25, 0.3) is 0 Å². The average Bonchev–Trinajstić information content (AvgIpc) is 2.26. The lowest BCUT2D eigenvalue weighted by Crippen LogP contribution is -2.63. The van der Waals surface area contributed by atoms with Crippen molar-refractivity contribution < 1.29 is 0 Å². The SMILES string of the molecule is CC(C)CNC1(NCC(C)C)CCCCC1C. The molecule has 0 radical (unpaired) electrons. The molecule has 1 fully saturated rings. The first-order valence-electron chi connectivity index (χ1n) is 7.46. The summed E-state index contributed by atoms with van der Waals surface area (Å²) in [5, 5.41) is 7.66. The normalized spacial score (nSPS) is 24.5. The van der Waals surface area contributed by atoms with Gasteiger partial charge in [0.2, 0.25) is 0 Å². The van der Waals surface area contributed by atoms with Crippen LogP contribution >= 0.6 is 0 Å². The number of rotatable bonds is 6. The Balaban J connectivity index is 2.61. The Bertz CT molecular complexity index is 199. The first kappa shape index (κ1) is 15.0. The lowest BCUT2D eigenvalue weighted by Gasteiger charge is -2.45. The molecular formula is C15H32N2. The third-order valence-electron chi connectivity index (χ3n) is 3.95. The molecule has 0 aliphatic heterocycles. The van der Waals surface area contributed by atoms with E-state index in [2.05, 4.69) is 45.3 Å². The zero-order valence-corrected chi connectivity index (χ0v) is 12.5. The van der Waals surface area contributed by atoms with Gasteiger partial charge in [0.15, 0.2) is 0 Å². The number of hydrogen-bond acceptors (Lipinski definition) is 2. The summed E-state index contributed by atoms with van der Waals surface area (Å²) in [6, 6.07) is 0. The van der Waals surface area contributed by atoms with E-state index in [0.717, 1.165) is 30.8 Å². The van der Waals surface area contributed by atoms with Gasteiger partial charge in [-0.3, -0.25) is 10.6 Å². The highest BCUT2D eigenvalue weighted by molar-refractivity contribution is 4.93. The average molecular weight is 240 g/mol. The van der Waals surface area contributed by atoms with E-state index < -0.39 is 0 Å². The fourth-order valence-electron chi connectivity index (χ4n) is 2.71. The Morgan fingerprint density at radius 3 is 1.94 bits per heavy atom. The van der Waals surface area contributed by atoms with Crippen molar-refractivity contribution in [3.8, 4) is 0 Å². The standard InChI is InChI=1S/C15H32N2/c1-12(2)10-16-15(17-11-13(3)4)9-7-6-8-14(15)5/h12-14,16-17H,6-11H2,1-5H3. The van der Waals surface area contributed by atoms with Gasteiger partial charge in [0.05, 0.1) is 5.66 Å². The van der Waals surface area contributed by atoms with Crippen LogP contribution in [0.15, 0.2) is 0 Å². The second-order valence-corrected chi connectivity index (χ2v) is 6.67. The zero-order chi connectivity index (χ0) is 12.9. The summed E-state index contributed by atoms with van der Waals surface area (Å²) in [7, 11) is 0. The van der Waals surface area contributed by atoms with Crippen LogP contribution in [0.3, 0.4) is 0 Å². The quantitative estimate of drug-likeness (QED) is 0.696. The van der Waals surface area contributed by atoms with E-state index in [-0.39, 0.29) is 5.66 Å². The fraction of sp³-hybridized carbons (Fsp3) is 1.00. The smallest absolute Gasteiger partial charge is 0.0713 e. The molecule has 2 N–H and O–H groups in total. The minimum atomic E-state index is 0.201. The minimum absolute atomic E-state index is 0.201. The highest BCUT2D eigenvalue weighted by Crippen LogP contribution is 2.31. The van der Waals surface area contributed by atoms with Gasteiger partial charge in [-0.25, -0.2) is 0 Å². The van der Waals surface area contributed by atoms with E-state index in [4.69, 9.17) is 0 Å². The van der Waals surface area contributed by atoms with E-state index in [1.165, 1.54) is 25.7 Å². The van der Waals surface area contributed by atoms with Gasteiger partial charge in [-0.05, 0) is 43.7 Å². The summed E-state index contributed by atoms with van der Waals surface area (Å²) in [6.07, 6.45) is 5.40. The second-order valence-electron chi connectivity index (χ2n) is 6.67. The van der Waals surface area contributed by atoms with Gasteiger partial charge in [0.25, 0.3) is 0 Å².